The highest BCUT2D eigenvalue weighted by atomic mass is 16.5. The van der Waals surface area contributed by atoms with E-state index in [9.17, 15) is 14.7 Å². The van der Waals surface area contributed by atoms with E-state index in [-0.39, 0.29) is 23.4 Å². The van der Waals surface area contributed by atoms with E-state index >= 15 is 0 Å². The number of hydrogen-bond acceptors (Lipinski definition) is 5. The lowest BCUT2D eigenvalue weighted by atomic mass is 9.91. The summed E-state index contributed by atoms with van der Waals surface area (Å²) >= 11 is 0. The summed E-state index contributed by atoms with van der Waals surface area (Å²) < 4.78 is 11.2. The Hall–Kier alpha value is -3.12. The molecule has 2 atom stereocenters. The second kappa shape index (κ2) is 9.40. The van der Waals surface area contributed by atoms with Crippen LogP contribution in [0.15, 0.2) is 48.0 Å². The van der Waals surface area contributed by atoms with Gasteiger partial charge < -0.3 is 19.5 Å². The lowest BCUT2D eigenvalue weighted by molar-refractivity contribution is -0.140. The van der Waals surface area contributed by atoms with Crippen molar-refractivity contribution in [3.05, 3.63) is 70.3 Å². The van der Waals surface area contributed by atoms with Gasteiger partial charge in [-0.05, 0) is 60.6 Å². The third kappa shape index (κ3) is 4.27. The standard InChI is InChI=1S/C27H31NO5/c1-16(2)21-14-18(11-12-22(21)32-4)25(29)23-24(20-10-6-5-8-17(20)3)28(27(31)26(23)30)15-19-9-7-13-33-19/h5-6,8,10-12,14,16,19,24,29H,7,9,13,15H2,1-4H3/b25-23+. The Morgan fingerprint density at radius 2 is 1.97 bits per heavy atom. The minimum absolute atomic E-state index is 0.108. The maximum Gasteiger partial charge on any atom is 0.295 e. The number of aliphatic hydroxyl groups is 1. The summed E-state index contributed by atoms with van der Waals surface area (Å²) in [6.45, 7) is 7.00. The quantitative estimate of drug-likeness (QED) is 0.392. The Balaban J connectivity index is 1.86. The van der Waals surface area contributed by atoms with Crippen LogP contribution >= 0.6 is 0 Å². The maximum absolute atomic E-state index is 13.3. The van der Waals surface area contributed by atoms with Crippen LogP contribution in [0.5, 0.6) is 5.75 Å². The van der Waals surface area contributed by atoms with Gasteiger partial charge in [0.15, 0.2) is 0 Å². The van der Waals surface area contributed by atoms with Crippen molar-refractivity contribution in [2.45, 2.75) is 51.7 Å². The highest BCUT2D eigenvalue weighted by Crippen LogP contribution is 2.42. The van der Waals surface area contributed by atoms with Crippen LogP contribution in [0.4, 0.5) is 0 Å². The zero-order valence-corrected chi connectivity index (χ0v) is 19.6. The number of hydrogen-bond donors (Lipinski definition) is 1. The summed E-state index contributed by atoms with van der Waals surface area (Å²) in [5.74, 6) is -0.558. The minimum atomic E-state index is -0.667. The topological polar surface area (TPSA) is 76.1 Å². The van der Waals surface area contributed by atoms with Crippen molar-refractivity contribution in [3.8, 4) is 5.75 Å². The van der Waals surface area contributed by atoms with Gasteiger partial charge in [0.25, 0.3) is 11.7 Å². The van der Waals surface area contributed by atoms with E-state index in [1.165, 1.54) is 0 Å². The normalized spacial score (nSPS) is 22.4. The van der Waals surface area contributed by atoms with Gasteiger partial charge in [-0.1, -0.05) is 38.1 Å². The minimum Gasteiger partial charge on any atom is -0.507 e. The van der Waals surface area contributed by atoms with Gasteiger partial charge in [0.2, 0.25) is 0 Å². The highest BCUT2D eigenvalue weighted by molar-refractivity contribution is 6.46. The van der Waals surface area contributed by atoms with Crippen LogP contribution in [0.2, 0.25) is 0 Å². The molecule has 2 aliphatic rings. The Kier molecular flexibility index (Phi) is 6.56. The van der Waals surface area contributed by atoms with Crippen LogP contribution in [0, 0.1) is 6.92 Å². The molecule has 2 heterocycles. The van der Waals surface area contributed by atoms with E-state index in [4.69, 9.17) is 9.47 Å². The van der Waals surface area contributed by atoms with Crippen molar-refractivity contribution in [1.82, 2.24) is 4.90 Å². The summed E-state index contributed by atoms with van der Waals surface area (Å²) in [4.78, 5) is 28.0. The van der Waals surface area contributed by atoms with E-state index < -0.39 is 17.7 Å². The van der Waals surface area contributed by atoms with E-state index in [1.54, 1.807) is 24.1 Å². The molecule has 6 nitrogen and oxygen atoms in total. The predicted octanol–water partition coefficient (Wildman–Crippen LogP) is 4.73. The van der Waals surface area contributed by atoms with E-state index in [0.717, 1.165) is 35.3 Å². The molecular formula is C27H31NO5. The fourth-order valence-electron chi connectivity index (χ4n) is 4.78. The summed E-state index contributed by atoms with van der Waals surface area (Å²) in [5.41, 5.74) is 3.31. The molecule has 2 unspecified atom stereocenters. The summed E-state index contributed by atoms with van der Waals surface area (Å²) in [6, 6.07) is 12.3. The van der Waals surface area contributed by atoms with Gasteiger partial charge in [-0.25, -0.2) is 0 Å². The molecule has 6 heteroatoms. The summed E-state index contributed by atoms with van der Waals surface area (Å²) in [6.07, 6.45) is 1.68. The van der Waals surface area contributed by atoms with Gasteiger partial charge >= 0.3 is 0 Å². The third-order valence-corrected chi connectivity index (χ3v) is 6.57. The molecule has 2 fully saturated rings. The van der Waals surface area contributed by atoms with Crippen molar-refractivity contribution in [2.24, 2.45) is 0 Å². The monoisotopic (exact) mass is 449 g/mol. The Labute approximate surface area is 194 Å². The zero-order valence-electron chi connectivity index (χ0n) is 19.6. The van der Waals surface area contributed by atoms with Gasteiger partial charge in [0.05, 0.1) is 24.8 Å². The molecule has 174 valence electrons. The molecule has 0 aliphatic carbocycles. The first kappa shape index (κ1) is 23.1. The lowest BCUT2D eigenvalue weighted by Gasteiger charge is -2.28. The number of ether oxygens (including phenoxy) is 2. The lowest BCUT2D eigenvalue weighted by Crippen LogP contribution is -2.36. The number of rotatable bonds is 6. The Morgan fingerprint density at radius 1 is 1.21 bits per heavy atom. The summed E-state index contributed by atoms with van der Waals surface area (Å²) in [7, 11) is 1.61. The van der Waals surface area contributed by atoms with Gasteiger partial charge in [-0.2, -0.15) is 0 Å². The van der Waals surface area contributed by atoms with Crippen LogP contribution in [0.1, 0.15) is 60.9 Å². The largest absolute Gasteiger partial charge is 0.507 e. The number of likely N-dealkylation sites (tertiary alicyclic amines) is 1. The molecule has 0 spiro atoms. The van der Waals surface area contributed by atoms with E-state index in [2.05, 4.69) is 0 Å². The highest BCUT2D eigenvalue weighted by Gasteiger charge is 2.47. The zero-order chi connectivity index (χ0) is 23.7. The van der Waals surface area contributed by atoms with Crippen molar-refractivity contribution in [3.63, 3.8) is 0 Å². The van der Waals surface area contributed by atoms with Crippen LogP contribution in [-0.2, 0) is 14.3 Å². The van der Waals surface area contributed by atoms with Crippen LogP contribution in [0.3, 0.4) is 0 Å². The van der Waals surface area contributed by atoms with Crippen LogP contribution in [0.25, 0.3) is 5.76 Å². The molecule has 1 N–H and O–H groups in total. The molecular weight excluding hydrogens is 418 g/mol. The average Bonchev–Trinajstić information content (AvgIpc) is 3.41. The van der Waals surface area contributed by atoms with Crippen LogP contribution < -0.4 is 4.74 Å². The van der Waals surface area contributed by atoms with Crippen molar-refractivity contribution in [2.75, 3.05) is 20.3 Å². The third-order valence-electron chi connectivity index (χ3n) is 6.57. The number of aliphatic hydroxyl groups excluding tert-OH is 1. The molecule has 0 bridgehead atoms. The smallest absolute Gasteiger partial charge is 0.295 e. The first-order chi connectivity index (χ1) is 15.8. The fraction of sp³-hybridized carbons (Fsp3) is 0.407. The van der Waals surface area contributed by atoms with Gasteiger partial charge in [-0.15, -0.1) is 0 Å². The van der Waals surface area contributed by atoms with Gasteiger partial charge in [0, 0.05) is 18.7 Å². The first-order valence-corrected chi connectivity index (χ1v) is 11.5. The molecule has 0 aromatic heterocycles. The van der Waals surface area contributed by atoms with Gasteiger partial charge in [-0.3, -0.25) is 9.59 Å². The number of carbonyl (C=O) groups is 2. The number of amides is 1. The number of nitrogens with zero attached hydrogens (tertiary/aromatic N) is 1. The molecule has 2 aliphatic heterocycles. The fourth-order valence-corrected chi connectivity index (χ4v) is 4.78. The molecule has 1 amide bonds. The van der Waals surface area contributed by atoms with Crippen LogP contribution in [-0.4, -0.2) is 48.1 Å². The van der Waals surface area contributed by atoms with Crippen molar-refractivity contribution < 1.29 is 24.2 Å². The number of aryl methyl sites for hydroxylation is 1. The number of carbonyl (C=O) groups excluding carboxylic acids is 2. The number of Topliss-reactive ketones (excluding diaryl/α,β-unsaturated/α-hetero) is 1. The summed E-state index contributed by atoms with van der Waals surface area (Å²) in [5, 5.41) is 11.4. The Morgan fingerprint density at radius 3 is 2.61 bits per heavy atom. The van der Waals surface area contributed by atoms with Crippen molar-refractivity contribution in [1.29, 1.82) is 0 Å². The number of ketones is 1. The maximum atomic E-state index is 13.3. The van der Waals surface area contributed by atoms with Gasteiger partial charge in [0.1, 0.15) is 11.5 Å². The first-order valence-electron chi connectivity index (χ1n) is 11.5. The number of methoxy groups -OCH3 is 1. The molecule has 2 saturated heterocycles. The average molecular weight is 450 g/mol. The number of benzene rings is 2. The molecule has 4 rings (SSSR count). The molecule has 2 aromatic rings. The van der Waals surface area contributed by atoms with E-state index in [1.807, 2.05) is 51.1 Å². The molecule has 0 saturated carbocycles. The molecule has 2 aromatic carbocycles. The SMILES string of the molecule is COc1ccc(/C(O)=C2\C(=O)C(=O)N(CC3CCCO3)C2c2ccccc2C)cc1C(C)C. The van der Waals surface area contributed by atoms with Crippen molar-refractivity contribution >= 4 is 17.4 Å². The molecule has 33 heavy (non-hydrogen) atoms. The molecule has 0 radical (unpaired) electrons. The second-order valence-electron chi connectivity index (χ2n) is 9.05. The van der Waals surface area contributed by atoms with E-state index in [0.29, 0.717) is 18.7 Å². The Bertz CT molecular complexity index is 1100. The predicted molar refractivity (Wildman–Crippen MR) is 126 cm³/mol. The second-order valence-corrected chi connectivity index (χ2v) is 9.05.